The third-order valence-electron chi connectivity index (χ3n) is 4.53. The third kappa shape index (κ3) is 4.02. The van der Waals surface area contributed by atoms with E-state index in [1.807, 2.05) is 24.3 Å². The molecule has 156 valence electrons. The lowest BCUT2D eigenvalue weighted by atomic mass is 9.80. The molecular weight excluding hydrogens is 401 g/mol. The fourth-order valence-electron chi connectivity index (χ4n) is 3.08. The van der Waals surface area contributed by atoms with E-state index in [0.717, 1.165) is 5.56 Å². The number of anilines is 1. The number of aromatic nitrogens is 5. The van der Waals surface area contributed by atoms with Gasteiger partial charge < -0.3 is 25.8 Å². The molecule has 2 aromatic carbocycles. The molecule has 12 heteroatoms. The van der Waals surface area contributed by atoms with Crippen LogP contribution in [0.2, 0.25) is 0 Å². The number of carbonyl (C=O) groups is 1. The predicted molar refractivity (Wildman–Crippen MR) is 113 cm³/mol. The molecule has 0 atom stereocenters. The maximum Gasteiger partial charge on any atom is 0.488 e. The minimum atomic E-state index is -1.59. The quantitative estimate of drug-likeness (QED) is 0.292. The number of nitrogens with one attached hydrogen (secondary N) is 1. The van der Waals surface area contributed by atoms with E-state index in [2.05, 4.69) is 25.5 Å². The van der Waals surface area contributed by atoms with Crippen LogP contribution < -0.4 is 21.3 Å². The van der Waals surface area contributed by atoms with E-state index in [4.69, 9.17) is 10.5 Å². The SMILES string of the molecule is COc1nc2ccccc2n1-c1nnc(C(N)=O)c(NCc2cccc(B(O)O)c2)n1. The van der Waals surface area contributed by atoms with Gasteiger partial charge in [-0.05, 0) is 23.2 Å². The lowest BCUT2D eigenvalue weighted by Gasteiger charge is -2.11. The molecule has 0 aliphatic rings. The average molecular weight is 419 g/mol. The summed E-state index contributed by atoms with van der Waals surface area (Å²) in [5.41, 5.74) is 7.74. The summed E-state index contributed by atoms with van der Waals surface area (Å²) >= 11 is 0. The van der Waals surface area contributed by atoms with E-state index in [1.54, 1.807) is 28.8 Å². The molecule has 31 heavy (non-hydrogen) atoms. The summed E-state index contributed by atoms with van der Waals surface area (Å²) in [5.74, 6) is -0.541. The zero-order valence-corrected chi connectivity index (χ0v) is 16.4. The van der Waals surface area contributed by atoms with Crippen molar-refractivity contribution in [1.82, 2.24) is 24.7 Å². The molecule has 0 saturated carbocycles. The zero-order chi connectivity index (χ0) is 22.0. The van der Waals surface area contributed by atoms with Gasteiger partial charge in [0.05, 0.1) is 18.1 Å². The highest BCUT2D eigenvalue weighted by Crippen LogP contribution is 2.24. The van der Waals surface area contributed by atoms with Crippen molar-refractivity contribution in [3.05, 3.63) is 59.8 Å². The van der Waals surface area contributed by atoms with Gasteiger partial charge in [0.15, 0.2) is 11.5 Å². The number of nitrogens with two attached hydrogens (primary N) is 1. The second-order valence-corrected chi connectivity index (χ2v) is 6.57. The van der Waals surface area contributed by atoms with Crippen LogP contribution in [0.15, 0.2) is 48.5 Å². The van der Waals surface area contributed by atoms with Crippen LogP contribution in [0.25, 0.3) is 17.0 Å². The lowest BCUT2D eigenvalue weighted by molar-refractivity contribution is 0.0995. The van der Waals surface area contributed by atoms with Crippen LogP contribution in [-0.2, 0) is 6.54 Å². The Morgan fingerprint density at radius 1 is 1.16 bits per heavy atom. The highest BCUT2D eigenvalue weighted by molar-refractivity contribution is 6.58. The molecule has 1 amide bonds. The Hall–Kier alpha value is -4.03. The fourth-order valence-corrected chi connectivity index (χ4v) is 3.08. The number of ether oxygens (including phenoxy) is 1. The smallest absolute Gasteiger partial charge is 0.468 e. The molecule has 0 saturated heterocycles. The molecule has 4 aromatic rings. The zero-order valence-electron chi connectivity index (χ0n) is 16.4. The number of primary amides is 1. The molecule has 5 N–H and O–H groups in total. The molecule has 0 aliphatic heterocycles. The number of benzene rings is 2. The van der Waals surface area contributed by atoms with Crippen molar-refractivity contribution in [3.8, 4) is 12.0 Å². The Labute approximate surface area is 176 Å². The van der Waals surface area contributed by atoms with Gasteiger partial charge in [-0.1, -0.05) is 36.4 Å². The molecule has 0 fully saturated rings. The molecule has 0 unspecified atom stereocenters. The number of rotatable bonds is 7. The van der Waals surface area contributed by atoms with Crippen LogP contribution in [0.3, 0.4) is 0 Å². The van der Waals surface area contributed by atoms with Crippen LogP contribution in [0.5, 0.6) is 6.01 Å². The Morgan fingerprint density at radius 2 is 1.97 bits per heavy atom. The summed E-state index contributed by atoms with van der Waals surface area (Å²) in [6.45, 7) is 0.223. The first kappa shape index (κ1) is 20.3. The predicted octanol–water partition coefficient (Wildman–Crippen LogP) is -0.390. The summed E-state index contributed by atoms with van der Waals surface area (Å²) in [6.07, 6.45) is 0. The second kappa shape index (κ2) is 8.38. The third-order valence-corrected chi connectivity index (χ3v) is 4.53. The van der Waals surface area contributed by atoms with Gasteiger partial charge in [-0.2, -0.15) is 9.97 Å². The van der Waals surface area contributed by atoms with E-state index < -0.39 is 13.0 Å². The van der Waals surface area contributed by atoms with E-state index in [-0.39, 0.29) is 30.0 Å². The summed E-state index contributed by atoms with van der Waals surface area (Å²) < 4.78 is 6.92. The minimum absolute atomic E-state index is 0.118. The van der Waals surface area contributed by atoms with E-state index in [9.17, 15) is 14.8 Å². The number of para-hydroxylation sites is 2. The standard InChI is InChI=1S/C19H18BN7O4/c1-31-19-23-13-7-2-3-8-14(13)27(19)18-24-17(15(16(21)28)25-26-18)22-10-11-5-4-6-12(9-11)20(29)30/h2-9,29-30H,10H2,1H3,(H2,21,28)(H,22,24,26). The lowest BCUT2D eigenvalue weighted by Crippen LogP contribution is -2.30. The highest BCUT2D eigenvalue weighted by Gasteiger charge is 2.20. The van der Waals surface area contributed by atoms with Crippen LogP contribution in [0.1, 0.15) is 16.1 Å². The second-order valence-electron chi connectivity index (χ2n) is 6.57. The normalized spacial score (nSPS) is 10.8. The molecule has 2 heterocycles. The van der Waals surface area contributed by atoms with Crippen LogP contribution >= 0.6 is 0 Å². The van der Waals surface area contributed by atoms with Gasteiger partial charge in [0, 0.05) is 6.54 Å². The summed E-state index contributed by atoms with van der Waals surface area (Å²) in [7, 11) is -0.111. The number of methoxy groups -OCH3 is 1. The van der Waals surface area contributed by atoms with E-state index >= 15 is 0 Å². The van der Waals surface area contributed by atoms with Gasteiger partial charge in [-0.3, -0.25) is 4.79 Å². The number of amides is 1. The van der Waals surface area contributed by atoms with Gasteiger partial charge in [-0.25, -0.2) is 4.57 Å². The van der Waals surface area contributed by atoms with E-state index in [0.29, 0.717) is 16.5 Å². The van der Waals surface area contributed by atoms with Gasteiger partial charge in [-0.15, -0.1) is 10.2 Å². The number of imidazole rings is 1. The topological polar surface area (TPSA) is 161 Å². The summed E-state index contributed by atoms with van der Waals surface area (Å²) in [5, 5.41) is 29.7. The highest BCUT2D eigenvalue weighted by atomic mass is 16.5. The van der Waals surface area contributed by atoms with Gasteiger partial charge >= 0.3 is 13.1 Å². The molecular formula is C19H18BN7O4. The van der Waals surface area contributed by atoms with Gasteiger partial charge in [0.25, 0.3) is 11.9 Å². The first-order valence-electron chi connectivity index (χ1n) is 9.23. The molecule has 4 rings (SSSR count). The Morgan fingerprint density at radius 3 is 2.71 bits per heavy atom. The number of nitrogens with zero attached hydrogens (tertiary/aromatic N) is 5. The molecule has 11 nitrogen and oxygen atoms in total. The van der Waals surface area contributed by atoms with Crippen molar-refractivity contribution in [2.45, 2.75) is 6.54 Å². The fraction of sp³-hybridized carbons (Fsp3) is 0.105. The Balaban J connectivity index is 1.73. The van der Waals surface area contributed by atoms with Crippen LogP contribution in [0, 0.1) is 0 Å². The summed E-state index contributed by atoms with van der Waals surface area (Å²) in [4.78, 5) is 20.7. The number of carbonyl (C=O) groups excluding carboxylic acids is 1. The molecule has 0 radical (unpaired) electrons. The van der Waals surface area contributed by atoms with Crippen molar-refractivity contribution >= 4 is 35.3 Å². The maximum atomic E-state index is 11.8. The molecule has 0 aliphatic carbocycles. The van der Waals surface area contributed by atoms with Crippen molar-refractivity contribution in [2.24, 2.45) is 5.73 Å². The molecule has 0 spiro atoms. The first-order valence-corrected chi connectivity index (χ1v) is 9.23. The van der Waals surface area contributed by atoms with Gasteiger partial charge in [0.1, 0.15) is 0 Å². The van der Waals surface area contributed by atoms with Crippen LogP contribution in [-0.4, -0.2) is 54.9 Å². The minimum Gasteiger partial charge on any atom is -0.468 e. The van der Waals surface area contributed by atoms with E-state index in [1.165, 1.54) is 7.11 Å². The van der Waals surface area contributed by atoms with Crippen molar-refractivity contribution < 1.29 is 19.6 Å². The van der Waals surface area contributed by atoms with Crippen molar-refractivity contribution in [2.75, 3.05) is 12.4 Å². The molecule has 2 aromatic heterocycles. The van der Waals surface area contributed by atoms with Gasteiger partial charge in [0.2, 0.25) is 0 Å². The average Bonchev–Trinajstić information content (AvgIpc) is 3.16. The number of hydrogen-bond donors (Lipinski definition) is 4. The van der Waals surface area contributed by atoms with Crippen molar-refractivity contribution in [1.29, 1.82) is 0 Å². The monoisotopic (exact) mass is 419 g/mol. The first-order chi connectivity index (χ1) is 15.0. The Kier molecular flexibility index (Phi) is 5.47. The van der Waals surface area contributed by atoms with Crippen molar-refractivity contribution in [3.63, 3.8) is 0 Å². The number of fused-ring (bicyclic) bond motifs is 1. The Bertz CT molecular complexity index is 1260. The number of hydrogen-bond acceptors (Lipinski definition) is 9. The maximum absolute atomic E-state index is 11.8. The molecule has 0 bridgehead atoms. The summed E-state index contributed by atoms with van der Waals surface area (Å²) in [6, 6.07) is 14.3. The van der Waals surface area contributed by atoms with Crippen LogP contribution in [0.4, 0.5) is 5.82 Å². The largest absolute Gasteiger partial charge is 0.488 e.